The van der Waals surface area contributed by atoms with Crippen molar-refractivity contribution in [1.82, 2.24) is 0 Å². The van der Waals surface area contributed by atoms with Crippen molar-refractivity contribution in [3.05, 3.63) is 22.4 Å². The molecule has 1 rings (SSSR count). The lowest BCUT2D eigenvalue weighted by Crippen LogP contribution is -2.20. The topological polar surface area (TPSA) is 29.5 Å². The molecule has 1 aromatic heterocycles. The summed E-state index contributed by atoms with van der Waals surface area (Å²) in [5, 5.41) is 11.9. The molecule has 3 heteroatoms. The molecule has 2 nitrogen and oxygen atoms in total. The Bertz CT molecular complexity index is 221. The maximum atomic E-state index is 9.89. The number of thiophene rings is 1. The van der Waals surface area contributed by atoms with Gasteiger partial charge in [0.05, 0.1) is 6.10 Å². The molecule has 1 aromatic rings. The highest BCUT2D eigenvalue weighted by atomic mass is 32.1. The SMILES string of the molecule is CCOC(CC)C(O)c1cccs1. The average Bonchev–Trinajstić information content (AvgIpc) is 2.65. The van der Waals surface area contributed by atoms with Gasteiger partial charge in [-0.15, -0.1) is 11.3 Å². The van der Waals surface area contributed by atoms with Crippen LogP contribution < -0.4 is 0 Å². The largest absolute Gasteiger partial charge is 0.385 e. The summed E-state index contributed by atoms with van der Waals surface area (Å²) in [5.74, 6) is 0. The van der Waals surface area contributed by atoms with Crippen LogP contribution in [0.15, 0.2) is 17.5 Å². The van der Waals surface area contributed by atoms with Crippen LogP contribution in [0.1, 0.15) is 31.2 Å². The van der Waals surface area contributed by atoms with E-state index in [0.29, 0.717) is 6.61 Å². The van der Waals surface area contributed by atoms with E-state index in [1.807, 2.05) is 31.4 Å². The van der Waals surface area contributed by atoms with Crippen molar-refractivity contribution in [3.8, 4) is 0 Å². The fraction of sp³-hybridized carbons (Fsp3) is 0.600. The Hall–Kier alpha value is -0.380. The predicted molar refractivity (Wildman–Crippen MR) is 55.0 cm³/mol. The van der Waals surface area contributed by atoms with Crippen molar-refractivity contribution < 1.29 is 9.84 Å². The molecule has 13 heavy (non-hydrogen) atoms. The summed E-state index contributed by atoms with van der Waals surface area (Å²) < 4.78 is 5.43. The second-order valence-corrected chi connectivity index (χ2v) is 3.84. The molecule has 0 radical (unpaired) electrons. The minimum Gasteiger partial charge on any atom is -0.385 e. The van der Waals surface area contributed by atoms with Gasteiger partial charge in [-0.3, -0.25) is 0 Å². The Labute approximate surface area is 83.2 Å². The lowest BCUT2D eigenvalue weighted by atomic mass is 10.1. The molecule has 0 saturated heterocycles. The lowest BCUT2D eigenvalue weighted by molar-refractivity contribution is -0.0340. The van der Waals surface area contributed by atoms with Crippen LogP contribution in [-0.2, 0) is 4.74 Å². The number of rotatable bonds is 5. The third-order valence-corrected chi connectivity index (χ3v) is 2.91. The minimum absolute atomic E-state index is 0.0661. The fourth-order valence-corrected chi connectivity index (χ4v) is 2.05. The van der Waals surface area contributed by atoms with Crippen molar-refractivity contribution in [1.29, 1.82) is 0 Å². The van der Waals surface area contributed by atoms with Crippen LogP contribution in [0.4, 0.5) is 0 Å². The van der Waals surface area contributed by atoms with Crippen molar-refractivity contribution >= 4 is 11.3 Å². The number of hydrogen-bond acceptors (Lipinski definition) is 3. The first-order valence-electron chi connectivity index (χ1n) is 4.62. The van der Waals surface area contributed by atoms with E-state index in [2.05, 4.69) is 0 Å². The van der Waals surface area contributed by atoms with Crippen LogP contribution in [0.25, 0.3) is 0 Å². The normalized spacial score (nSPS) is 15.6. The van der Waals surface area contributed by atoms with Gasteiger partial charge >= 0.3 is 0 Å². The highest BCUT2D eigenvalue weighted by Crippen LogP contribution is 2.25. The summed E-state index contributed by atoms with van der Waals surface area (Å²) >= 11 is 1.57. The molecule has 0 fully saturated rings. The van der Waals surface area contributed by atoms with E-state index < -0.39 is 6.10 Å². The van der Waals surface area contributed by atoms with Crippen LogP contribution in [0.5, 0.6) is 0 Å². The van der Waals surface area contributed by atoms with E-state index in [9.17, 15) is 5.11 Å². The van der Waals surface area contributed by atoms with Crippen molar-refractivity contribution in [2.45, 2.75) is 32.5 Å². The van der Waals surface area contributed by atoms with Crippen molar-refractivity contribution in [2.24, 2.45) is 0 Å². The Morgan fingerprint density at radius 1 is 1.54 bits per heavy atom. The van der Waals surface area contributed by atoms with E-state index in [1.54, 1.807) is 11.3 Å². The average molecular weight is 200 g/mol. The summed E-state index contributed by atoms with van der Waals surface area (Å²) in [5.41, 5.74) is 0. The molecule has 2 atom stereocenters. The number of aliphatic hydroxyl groups excluding tert-OH is 1. The maximum Gasteiger partial charge on any atom is 0.114 e. The smallest absolute Gasteiger partial charge is 0.114 e. The second-order valence-electron chi connectivity index (χ2n) is 2.86. The first-order valence-corrected chi connectivity index (χ1v) is 5.50. The fourth-order valence-electron chi connectivity index (χ4n) is 1.29. The molecule has 0 bridgehead atoms. The number of aliphatic hydroxyl groups is 1. The first-order chi connectivity index (χ1) is 6.29. The highest BCUT2D eigenvalue weighted by Gasteiger charge is 2.19. The van der Waals surface area contributed by atoms with Gasteiger partial charge in [0.2, 0.25) is 0 Å². The summed E-state index contributed by atoms with van der Waals surface area (Å²) in [6, 6.07) is 3.89. The summed E-state index contributed by atoms with van der Waals surface area (Å²) in [6.07, 6.45) is 0.306. The summed E-state index contributed by atoms with van der Waals surface area (Å²) in [4.78, 5) is 0.986. The zero-order chi connectivity index (χ0) is 9.68. The molecule has 74 valence electrons. The van der Waals surface area contributed by atoms with Crippen LogP contribution in [-0.4, -0.2) is 17.8 Å². The quantitative estimate of drug-likeness (QED) is 0.791. The Balaban J connectivity index is 2.58. The van der Waals surface area contributed by atoms with Gasteiger partial charge in [-0.2, -0.15) is 0 Å². The van der Waals surface area contributed by atoms with Gasteiger partial charge in [0.25, 0.3) is 0 Å². The standard InChI is InChI=1S/C10H16O2S/c1-3-8(12-4-2)10(11)9-6-5-7-13-9/h5-8,10-11H,3-4H2,1-2H3. The Morgan fingerprint density at radius 3 is 2.77 bits per heavy atom. The molecule has 0 aliphatic rings. The molecule has 0 aromatic carbocycles. The van der Waals surface area contributed by atoms with Crippen LogP contribution in [0, 0.1) is 0 Å². The lowest BCUT2D eigenvalue weighted by Gasteiger charge is -2.20. The van der Waals surface area contributed by atoms with Gasteiger partial charge in [0, 0.05) is 11.5 Å². The molecular weight excluding hydrogens is 184 g/mol. The summed E-state index contributed by atoms with van der Waals surface area (Å²) in [6.45, 7) is 4.63. The second kappa shape index (κ2) is 5.37. The minimum atomic E-state index is -0.468. The van der Waals surface area contributed by atoms with E-state index in [0.717, 1.165) is 11.3 Å². The van der Waals surface area contributed by atoms with Crippen LogP contribution in [0.2, 0.25) is 0 Å². The van der Waals surface area contributed by atoms with Crippen LogP contribution in [0.3, 0.4) is 0 Å². The Kier molecular flexibility index (Phi) is 4.42. The van der Waals surface area contributed by atoms with E-state index >= 15 is 0 Å². The predicted octanol–water partition coefficient (Wildman–Crippen LogP) is 2.60. The van der Waals surface area contributed by atoms with Gasteiger partial charge in [-0.05, 0) is 24.8 Å². The maximum absolute atomic E-state index is 9.89. The van der Waals surface area contributed by atoms with E-state index in [4.69, 9.17) is 4.74 Å². The van der Waals surface area contributed by atoms with Gasteiger partial charge in [-0.1, -0.05) is 13.0 Å². The molecule has 0 aliphatic heterocycles. The van der Waals surface area contributed by atoms with E-state index in [1.165, 1.54) is 0 Å². The molecule has 1 heterocycles. The third-order valence-electron chi connectivity index (χ3n) is 1.97. The molecular formula is C10H16O2S. The molecule has 0 aliphatic carbocycles. The summed E-state index contributed by atoms with van der Waals surface area (Å²) in [7, 11) is 0. The molecule has 0 saturated carbocycles. The Morgan fingerprint density at radius 2 is 2.31 bits per heavy atom. The number of ether oxygens (including phenoxy) is 1. The van der Waals surface area contributed by atoms with Gasteiger partial charge in [0.15, 0.2) is 0 Å². The zero-order valence-corrected chi connectivity index (χ0v) is 8.88. The number of hydrogen-bond donors (Lipinski definition) is 1. The van der Waals surface area contributed by atoms with Crippen LogP contribution >= 0.6 is 11.3 Å². The highest BCUT2D eigenvalue weighted by molar-refractivity contribution is 7.10. The first kappa shape index (κ1) is 10.7. The molecule has 2 unspecified atom stereocenters. The van der Waals surface area contributed by atoms with E-state index in [-0.39, 0.29) is 6.10 Å². The van der Waals surface area contributed by atoms with Gasteiger partial charge in [-0.25, -0.2) is 0 Å². The van der Waals surface area contributed by atoms with Crippen molar-refractivity contribution in [2.75, 3.05) is 6.61 Å². The molecule has 1 N–H and O–H groups in total. The van der Waals surface area contributed by atoms with Gasteiger partial charge in [0.1, 0.15) is 6.10 Å². The molecule has 0 spiro atoms. The molecule has 0 amide bonds. The monoisotopic (exact) mass is 200 g/mol. The van der Waals surface area contributed by atoms with Crippen molar-refractivity contribution in [3.63, 3.8) is 0 Å². The third kappa shape index (κ3) is 2.79. The zero-order valence-electron chi connectivity index (χ0n) is 8.06. The van der Waals surface area contributed by atoms with Gasteiger partial charge < -0.3 is 9.84 Å².